The van der Waals surface area contributed by atoms with Crippen molar-refractivity contribution in [2.75, 3.05) is 0 Å². The summed E-state index contributed by atoms with van der Waals surface area (Å²) in [6.07, 6.45) is -3.55. The number of hydrogen-bond donors (Lipinski definition) is 2. The average molecular weight is 503 g/mol. The van der Waals surface area contributed by atoms with Crippen LogP contribution in [0, 0.1) is 5.82 Å². The molecule has 36 heavy (non-hydrogen) atoms. The second-order valence-electron chi connectivity index (χ2n) is 8.24. The van der Waals surface area contributed by atoms with E-state index in [0.29, 0.717) is 42.0 Å². The minimum absolute atomic E-state index is 0.0369. The zero-order valence-electron chi connectivity index (χ0n) is 19.7. The number of ether oxygens (including phenoxy) is 1. The molecule has 5 nitrogen and oxygen atoms in total. The van der Waals surface area contributed by atoms with Gasteiger partial charge in [0, 0.05) is 6.42 Å². The van der Waals surface area contributed by atoms with Gasteiger partial charge >= 0.3 is 12.1 Å². The summed E-state index contributed by atoms with van der Waals surface area (Å²) in [6.45, 7) is 3.62. The summed E-state index contributed by atoms with van der Waals surface area (Å²) in [5.41, 5.74) is 0.895. The zero-order chi connectivity index (χ0) is 26.5. The van der Waals surface area contributed by atoms with Crippen molar-refractivity contribution in [3.05, 3.63) is 94.3 Å². The van der Waals surface area contributed by atoms with Gasteiger partial charge in [0.2, 0.25) is 0 Å². The third-order valence-electron chi connectivity index (χ3n) is 5.65. The molecule has 0 fully saturated rings. The third kappa shape index (κ3) is 6.84. The highest BCUT2D eigenvalue weighted by molar-refractivity contribution is 5.94. The molecule has 1 amide bonds. The van der Waals surface area contributed by atoms with Crippen molar-refractivity contribution in [3.63, 3.8) is 0 Å². The number of carbonyl (C=O) groups excluding carboxylic acids is 1. The Balaban J connectivity index is 1.71. The van der Waals surface area contributed by atoms with Crippen molar-refractivity contribution in [2.24, 2.45) is 0 Å². The van der Waals surface area contributed by atoms with Crippen LogP contribution in [0.4, 0.5) is 17.6 Å². The maximum Gasteiger partial charge on any atom is 0.416 e. The second-order valence-corrected chi connectivity index (χ2v) is 8.24. The number of carbonyl (C=O) groups is 2. The number of amides is 1. The quantitative estimate of drug-likeness (QED) is 0.319. The molecule has 9 heteroatoms. The van der Waals surface area contributed by atoms with Gasteiger partial charge in [0.25, 0.3) is 5.91 Å². The summed E-state index contributed by atoms with van der Waals surface area (Å²) in [7, 11) is 0. The van der Waals surface area contributed by atoms with Crippen LogP contribution in [-0.4, -0.2) is 17.0 Å². The first-order valence-electron chi connectivity index (χ1n) is 11.3. The fourth-order valence-electron chi connectivity index (χ4n) is 3.70. The van der Waals surface area contributed by atoms with Crippen LogP contribution in [-0.2, 0) is 23.8 Å². The molecule has 0 aliphatic rings. The van der Waals surface area contributed by atoms with Crippen LogP contribution in [0.2, 0.25) is 0 Å². The number of aryl methyl sites for hydroxylation is 2. The van der Waals surface area contributed by atoms with Crippen molar-refractivity contribution >= 4 is 11.9 Å². The van der Waals surface area contributed by atoms with E-state index in [1.807, 2.05) is 19.1 Å². The van der Waals surface area contributed by atoms with Gasteiger partial charge in [0.1, 0.15) is 17.3 Å². The minimum atomic E-state index is -4.71. The van der Waals surface area contributed by atoms with E-state index in [-0.39, 0.29) is 6.42 Å². The first kappa shape index (κ1) is 26.7. The summed E-state index contributed by atoms with van der Waals surface area (Å²) >= 11 is 0. The van der Waals surface area contributed by atoms with Crippen molar-refractivity contribution in [3.8, 4) is 11.5 Å². The van der Waals surface area contributed by atoms with Crippen LogP contribution < -0.4 is 10.1 Å². The molecule has 0 aromatic heterocycles. The van der Waals surface area contributed by atoms with E-state index in [0.717, 1.165) is 17.2 Å². The Morgan fingerprint density at radius 2 is 1.72 bits per heavy atom. The minimum Gasteiger partial charge on any atom is -0.481 e. The molecule has 0 aliphatic heterocycles. The number of nitrogens with one attached hydrogen (secondary N) is 1. The first-order chi connectivity index (χ1) is 17.0. The van der Waals surface area contributed by atoms with E-state index in [4.69, 9.17) is 9.84 Å². The van der Waals surface area contributed by atoms with E-state index in [2.05, 4.69) is 5.32 Å². The van der Waals surface area contributed by atoms with Gasteiger partial charge in [0.05, 0.1) is 17.2 Å². The second kappa shape index (κ2) is 11.2. The fraction of sp³-hybridized carbons (Fsp3) is 0.259. The van der Waals surface area contributed by atoms with Gasteiger partial charge < -0.3 is 15.2 Å². The topological polar surface area (TPSA) is 75.6 Å². The Morgan fingerprint density at radius 3 is 2.36 bits per heavy atom. The Hall–Kier alpha value is -3.88. The SMILES string of the molecule is CCc1cc(Oc2cccc([C@@H](C)NC(=O)c3ccc(C(F)(F)F)cc3F)c2)ccc1CCC(=O)O. The molecule has 0 heterocycles. The van der Waals surface area contributed by atoms with Crippen LogP contribution >= 0.6 is 0 Å². The molecule has 2 N–H and O–H groups in total. The van der Waals surface area contributed by atoms with Gasteiger partial charge in [-0.1, -0.05) is 25.1 Å². The summed E-state index contributed by atoms with van der Waals surface area (Å²) < 4.78 is 58.4. The maximum absolute atomic E-state index is 14.2. The van der Waals surface area contributed by atoms with Crippen molar-refractivity contribution in [1.82, 2.24) is 5.32 Å². The third-order valence-corrected chi connectivity index (χ3v) is 5.65. The lowest BCUT2D eigenvalue weighted by Gasteiger charge is -2.17. The highest BCUT2D eigenvalue weighted by Gasteiger charge is 2.31. The molecule has 0 saturated carbocycles. The standard InChI is InChI=1S/C27H25F4NO4/c1-3-17-13-22(10-7-18(17)8-12-25(33)34)36-21-6-4-5-19(14-21)16(2)32-26(35)23-11-9-20(15-24(23)28)27(29,30)31/h4-7,9-11,13-16H,3,8,12H2,1-2H3,(H,32,35)(H,33,34)/t16-/m1/s1. The summed E-state index contributed by atoms with van der Waals surface area (Å²) in [4.78, 5) is 23.4. The number of alkyl halides is 3. The molecule has 0 aliphatic carbocycles. The molecular formula is C27H25F4NO4. The van der Waals surface area contributed by atoms with E-state index in [9.17, 15) is 27.2 Å². The molecule has 3 aromatic rings. The number of hydrogen-bond acceptors (Lipinski definition) is 3. The monoisotopic (exact) mass is 503 g/mol. The first-order valence-corrected chi connectivity index (χ1v) is 11.3. The summed E-state index contributed by atoms with van der Waals surface area (Å²) in [5, 5.41) is 11.5. The number of halogens is 4. The fourth-order valence-corrected chi connectivity index (χ4v) is 3.70. The molecule has 0 unspecified atom stereocenters. The molecule has 0 saturated heterocycles. The van der Waals surface area contributed by atoms with Crippen molar-refractivity contribution < 1.29 is 37.0 Å². The van der Waals surface area contributed by atoms with Gasteiger partial charge in [-0.15, -0.1) is 0 Å². The smallest absolute Gasteiger partial charge is 0.416 e. The van der Waals surface area contributed by atoms with Gasteiger partial charge in [0.15, 0.2) is 0 Å². The lowest BCUT2D eigenvalue weighted by atomic mass is 10.0. The number of carboxylic acid groups (broad SMARTS) is 1. The molecule has 190 valence electrons. The molecule has 0 radical (unpaired) electrons. The van der Waals surface area contributed by atoms with E-state index < -0.39 is 41.0 Å². The van der Waals surface area contributed by atoms with Crippen molar-refractivity contribution in [2.45, 2.75) is 45.3 Å². The molecule has 0 bridgehead atoms. The lowest BCUT2D eigenvalue weighted by Crippen LogP contribution is -2.27. The lowest BCUT2D eigenvalue weighted by molar-refractivity contribution is -0.138. The normalized spacial score (nSPS) is 12.2. The largest absolute Gasteiger partial charge is 0.481 e. The highest BCUT2D eigenvalue weighted by Crippen LogP contribution is 2.31. The number of rotatable bonds is 9. The molecule has 3 rings (SSSR count). The summed E-state index contributed by atoms with van der Waals surface area (Å²) in [5.74, 6) is -1.92. The Labute approximate surface area is 205 Å². The highest BCUT2D eigenvalue weighted by atomic mass is 19.4. The molecule has 1 atom stereocenters. The molecule has 3 aromatic carbocycles. The maximum atomic E-state index is 14.2. The Bertz CT molecular complexity index is 1260. The van der Waals surface area contributed by atoms with E-state index in [1.54, 1.807) is 37.3 Å². The zero-order valence-corrected chi connectivity index (χ0v) is 19.7. The van der Waals surface area contributed by atoms with Crippen LogP contribution in [0.3, 0.4) is 0 Å². The predicted octanol–water partition coefficient (Wildman–Crippen LogP) is 6.71. The summed E-state index contributed by atoms with van der Waals surface area (Å²) in [6, 6.07) is 13.5. The van der Waals surface area contributed by atoms with Gasteiger partial charge in [-0.25, -0.2) is 4.39 Å². The van der Waals surface area contributed by atoms with Crippen LogP contribution in [0.25, 0.3) is 0 Å². The van der Waals surface area contributed by atoms with Gasteiger partial charge in [-0.05, 0) is 78.9 Å². The van der Waals surface area contributed by atoms with E-state index >= 15 is 0 Å². The molecule has 0 spiro atoms. The van der Waals surface area contributed by atoms with Crippen LogP contribution in [0.15, 0.2) is 60.7 Å². The van der Waals surface area contributed by atoms with Gasteiger partial charge in [-0.3, -0.25) is 9.59 Å². The molecular weight excluding hydrogens is 478 g/mol. The number of benzene rings is 3. The number of aliphatic carboxylic acids is 1. The van der Waals surface area contributed by atoms with E-state index in [1.165, 1.54) is 0 Å². The van der Waals surface area contributed by atoms with Crippen molar-refractivity contribution in [1.29, 1.82) is 0 Å². The number of carboxylic acids is 1. The Kier molecular flexibility index (Phi) is 8.34. The predicted molar refractivity (Wildman–Crippen MR) is 126 cm³/mol. The Morgan fingerprint density at radius 1 is 1.00 bits per heavy atom. The van der Waals surface area contributed by atoms with Crippen LogP contribution in [0.1, 0.15) is 58.9 Å². The van der Waals surface area contributed by atoms with Crippen LogP contribution in [0.5, 0.6) is 11.5 Å². The van der Waals surface area contributed by atoms with Gasteiger partial charge in [-0.2, -0.15) is 13.2 Å². The average Bonchev–Trinajstić information content (AvgIpc) is 2.82.